The fourth-order valence-corrected chi connectivity index (χ4v) is 2.65. The number of carbonyl (C=O) groups excluding carboxylic acids is 1. The topological polar surface area (TPSA) is 70.9 Å². The molecule has 0 radical (unpaired) electrons. The summed E-state index contributed by atoms with van der Waals surface area (Å²) in [6, 6.07) is 10.0. The first kappa shape index (κ1) is 20.1. The molecule has 2 aromatic rings. The van der Waals surface area contributed by atoms with Gasteiger partial charge in [0.2, 0.25) is 0 Å². The molecule has 0 saturated heterocycles. The molecule has 2 rings (SSSR count). The molecule has 1 amide bonds. The Hall–Kier alpha value is -2.24. The molecule has 0 aromatic heterocycles. The Morgan fingerprint density at radius 2 is 1.96 bits per heavy atom. The van der Waals surface area contributed by atoms with E-state index in [1.807, 2.05) is 24.3 Å². The lowest BCUT2D eigenvalue weighted by Crippen LogP contribution is -2.17. The van der Waals surface area contributed by atoms with E-state index in [-0.39, 0.29) is 21.4 Å². The first-order chi connectivity index (χ1) is 12.5. The number of carbonyl (C=O) groups is 1. The number of hydrogen-bond acceptors (Lipinski definition) is 4. The summed E-state index contributed by atoms with van der Waals surface area (Å²) in [4.78, 5) is 12.1. The highest BCUT2D eigenvalue weighted by atomic mass is 35.5. The van der Waals surface area contributed by atoms with Crippen LogP contribution < -0.4 is 10.2 Å². The monoisotopic (exact) mass is 394 g/mol. The van der Waals surface area contributed by atoms with E-state index < -0.39 is 5.91 Å². The molecule has 0 aliphatic rings. The van der Waals surface area contributed by atoms with Crippen LogP contribution in [0.2, 0.25) is 10.0 Å². The summed E-state index contributed by atoms with van der Waals surface area (Å²) in [6.07, 6.45) is 4.83. The van der Waals surface area contributed by atoms with Crippen molar-refractivity contribution in [2.45, 2.75) is 26.2 Å². The van der Waals surface area contributed by atoms with Gasteiger partial charge in [-0.1, -0.05) is 43.0 Å². The zero-order chi connectivity index (χ0) is 18.9. The number of unbranched alkanes of at least 4 members (excludes halogenated alkanes) is 2. The van der Waals surface area contributed by atoms with Crippen molar-refractivity contribution in [3.63, 3.8) is 0 Å². The Morgan fingerprint density at radius 3 is 2.65 bits per heavy atom. The molecule has 0 aliphatic carbocycles. The normalized spacial score (nSPS) is 10.9. The number of hydrogen-bond donors (Lipinski definition) is 2. The quantitative estimate of drug-likeness (QED) is 0.374. The van der Waals surface area contributed by atoms with Crippen molar-refractivity contribution in [1.29, 1.82) is 0 Å². The van der Waals surface area contributed by atoms with Gasteiger partial charge in [0.25, 0.3) is 5.91 Å². The van der Waals surface area contributed by atoms with Gasteiger partial charge in [0.15, 0.2) is 0 Å². The molecule has 138 valence electrons. The van der Waals surface area contributed by atoms with Crippen LogP contribution in [-0.4, -0.2) is 23.8 Å². The number of amides is 1. The van der Waals surface area contributed by atoms with Gasteiger partial charge in [-0.15, -0.1) is 0 Å². The molecule has 2 N–H and O–H groups in total. The highest BCUT2D eigenvalue weighted by molar-refractivity contribution is 6.36. The summed E-state index contributed by atoms with van der Waals surface area (Å²) >= 11 is 11.6. The van der Waals surface area contributed by atoms with Crippen molar-refractivity contribution < 1.29 is 14.6 Å². The van der Waals surface area contributed by atoms with Crippen LogP contribution in [0.4, 0.5) is 0 Å². The molecular formula is C19H20Cl2N2O3. The van der Waals surface area contributed by atoms with Gasteiger partial charge in [-0.25, -0.2) is 5.43 Å². The van der Waals surface area contributed by atoms with Crippen molar-refractivity contribution >= 4 is 35.3 Å². The standard InChI is InChI=1S/C19H20Cl2N2O3/c1-2-3-4-9-26-15-7-5-13(6-8-15)12-22-23-19(25)16-10-14(20)11-17(21)18(16)24/h5-8,10-12,24H,2-4,9H2,1H3,(H,23,25)/b22-12-. The minimum atomic E-state index is -0.612. The summed E-state index contributed by atoms with van der Waals surface area (Å²) in [5.41, 5.74) is 3.07. The molecular weight excluding hydrogens is 375 g/mol. The Morgan fingerprint density at radius 1 is 1.23 bits per heavy atom. The second-order valence-electron chi connectivity index (χ2n) is 5.61. The fraction of sp³-hybridized carbons (Fsp3) is 0.263. The summed E-state index contributed by atoms with van der Waals surface area (Å²) in [7, 11) is 0. The maximum Gasteiger partial charge on any atom is 0.275 e. The van der Waals surface area contributed by atoms with Crippen LogP contribution in [0.25, 0.3) is 0 Å². The molecule has 0 heterocycles. The van der Waals surface area contributed by atoms with Crippen molar-refractivity contribution in [2.24, 2.45) is 5.10 Å². The molecule has 7 heteroatoms. The third-order valence-corrected chi connectivity index (χ3v) is 4.06. The average molecular weight is 395 g/mol. The number of phenols is 1. The smallest absolute Gasteiger partial charge is 0.275 e. The molecule has 0 atom stereocenters. The Balaban J connectivity index is 1.91. The maximum atomic E-state index is 12.1. The van der Waals surface area contributed by atoms with Gasteiger partial charge < -0.3 is 9.84 Å². The van der Waals surface area contributed by atoms with E-state index >= 15 is 0 Å². The molecule has 0 saturated carbocycles. The lowest BCUT2D eigenvalue weighted by atomic mass is 10.2. The third kappa shape index (κ3) is 5.93. The number of nitrogens with one attached hydrogen (secondary N) is 1. The van der Waals surface area contributed by atoms with E-state index in [1.54, 1.807) is 0 Å². The van der Waals surface area contributed by atoms with Crippen molar-refractivity contribution in [3.05, 3.63) is 57.6 Å². The van der Waals surface area contributed by atoms with Gasteiger partial charge in [-0.05, 0) is 48.4 Å². The first-order valence-corrected chi connectivity index (χ1v) is 9.01. The average Bonchev–Trinajstić information content (AvgIpc) is 2.63. The predicted octanol–water partition coefficient (Wildman–Crippen LogP) is 5.03. The molecule has 0 aliphatic heterocycles. The second-order valence-corrected chi connectivity index (χ2v) is 6.45. The third-order valence-electron chi connectivity index (χ3n) is 3.55. The summed E-state index contributed by atoms with van der Waals surface area (Å²) in [6.45, 7) is 2.85. The second kappa shape index (κ2) is 10.0. The Labute approximate surface area is 162 Å². The molecule has 26 heavy (non-hydrogen) atoms. The minimum Gasteiger partial charge on any atom is -0.506 e. The zero-order valence-electron chi connectivity index (χ0n) is 14.3. The van der Waals surface area contributed by atoms with Gasteiger partial charge in [-0.3, -0.25) is 4.79 Å². The number of aromatic hydroxyl groups is 1. The molecule has 0 fully saturated rings. The van der Waals surface area contributed by atoms with E-state index in [1.165, 1.54) is 18.3 Å². The highest BCUT2D eigenvalue weighted by Crippen LogP contribution is 2.30. The SMILES string of the molecule is CCCCCOc1ccc(/C=N\NC(=O)c2cc(Cl)cc(Cl)c2O)cc1. The van der Waals surface area contributed by atoms with Crippen LogP contribution in [0.1, 0.15) is 42.1 Å². The lowest BCUT2D eigenvalue weighted by Gasteiger charge is -2.06. The summed E-state index contributed by atoms with van der Waals surface area (Å²) < 4.78 is 5.63. The van der Waals surface area contributed by atoms with Crippen molar-refractivity contribution in [1.82, 2.24) is 5.43 Å². The first-order valence-electron chi connectivity index (χ1n) is 8.25. The number of halogens is 2. The van der Waals surface area contributed by atoms with Crippen LogP contribution >= 0.6 is 23.2 Å². The molecule has 5 nitrogen and oxygen atoms in total. The number of phenolic OH excluding ortho intramolecular Hbond substituents is 1. The van der Waals surface area contributed by atoms with Crippen molar-refractivity contribution in [3.8, 4) is 11.5 Å². The minimum absolute atomic E-state index is 0.00107. The van der Waals surface area contributed by atoms with E-state index in [9.17, 15) is 9.90 Å². The summed E-state index contributed by atoms with van der Waals surface area (Å²) in [5, 5.41) is 13.9. The van der Waals surface area contributed by atoms with E-state index in [2.05, 4.69) is 17.5 Å². The van der Waals surface area contributed by atoms with Gasteiger partial charge >= 0.3 is 0 Å². The van der Waals surface area contributed by atoms with Gasteiger partial charge in [0.1, 0.15) is 11.5 Å². The fourth-order valence-electron chi connectivity index (χ4n) is 2.16. The van der Waals surface area contributed by atoms with Crippen LogP contribution in [0.15, 0.2) is 41.5 Å². The summed E-state index contributed by atoms with van der Waals surface area (Å²) in [5.74, 6) is -0.159. The number of nitrogens with zero attached hydrogens (tertiary/aromatic N) is 1. The van der Waals surface area contributed by atoms with Crippen LogP contribution in [-0.2, 0) is 0 Å². The number of ether oxygens (including phenoxy) is 1. The number of benzene rings is 2. The lowest BCUT2D eigenvalue weighted by molar-refractivity contribution is 0.0952. The maximum absolute atomic E-state index is 12.1. The molecule has 0 bridgehead atoms. The van der Waals surface area contributed by atoms with Gasteiger partial charge in [-0.2, -0.15) is 5.10 Å². The molecule has 2 aromatic carbocycles. The highest BCUT2D eigenvalue weighted by Gasteiger charge is 2.14. The van der Waals surface area contributed by atoms with Crippen LogP contribution in [0, 0.1) is 0 Å². The van der Waals surface area contributed by atoms with Crippen LogP contribution in [0.3, 0.4) is 0 Å². The molecule has 0 spiro atoms. The van der Waals surface area contributed by atoms with Gasteiger partial charge in [0, 0.05) is 5.02 Å². The van der Waals surface area contributed by atoms with E-state index in [0.717, 1.165) is 30.6 Å². The Bertz CT molecular complexity index is 777. The zero-order valence-corrected chi connectivity index (χ0v) is 15.8. The predicted molar refractivity (Wildman–Crippen MR) is 105 cm³/mol. The molecule has 0 unspecified atom stereocenters. The van der Waals surface area contributed by atoms with E-state index in [0.29, 0.717) is 6.61 Å². The largest absolute Gasteiger partial charge is 0.506 e. The number of rotatable bonds is 8. The van der Waals surface area contributed by atoms with Crippen molar-refractivity contribution in [2.75, 3.05) is 6.61 Å². The number of hydrazone groups is 1. The Kier molecular flexibility index (Phi) is 7.75. The van der Waals surface area contributed by atoms with Gasteiger partial charge in [0.05, 0.1) is 23.4 Å². The van der Waals surface area contributed by atoms with Crippen LogP contribution in [0.5, 0.6) is 11.5 Å². The van der Waals surface area contributed by atoms with E-state index in [4.69, 9.17) is 27.9 Å².